The molecule has 4 rings (SSSR count). The summed E-state index contributed by atoms with van der Waals surface area (Å²) in [5.74, 6) is -0.0903. The van der Waals surface area contributed by atoms with Gasteiger partial charge in [-0.05, 0) is 18.2 Å². The summed E-state index contributed by atoms with van der Waals surface area (Å²) < 4.78 is 40.3. The molecule has 160 valence electrons. The minimum atomic E-state index is -2.83. The first-order valence-electron chi connectivity index (χ1n) is 9.14. The van der Waals surface area contributed by atoms with Crippen LogP contribution in [0.2, 0.25) is 0 Å². The first-order valence-corrected chi connectivity index (χ1v) is 9.14. The van der Waals surface area contributed by atoms with Gasteiger partial charge in [0.15, 0.2) is 5.65 Å². The molecule has 0 radical (unpaired) electrons. The van der Waals surface area contributed by atoms with E-state index in [9.17, 15) is 13.6 Å². The largest absolute Gasteiger partial charge is 0.496 e. The predicted octanol–water partition coefficient (Wildman–Crippen LogP) is 3.40. The highest BCUT2D eigenvalue weighted by Gasteiger charge is 2.22. The Labute approximate surface area is 175 Å². The summed E-state index contributed by atoms with van der Waals surface area (Å²) >= 11 is 0. The third-order valence-electron chi connectivity index (χ3n) is 4.50. The summed E-state index contributed by atoms with van der Waals surface area (Å²) in [6.45, 7) is 0.216. The number of nitrogens with zero attached hydrogens (tertiary/aromatic N) is 5. The molecular formula is C20H18F2N6O3. The Balaban J connectivity index is 1.78. The number of halogens is 2. The number of alkyl halides is 2. The van der Waals surface area contributed by atoms with E-state index in [2.05, 4.69) is 20.5 Å². The lowest BCUT2D eigenvalue weighted by atomic mass is 10.1. The molecule has 0 aliphatic carbocycles. The van der Waals surface area contributed by atoms with Crippen molar-refractivity contribution in [2.24, 2.45) is 0 Å². The topological polar surface area (TPSA) is 95.6 Å². The lowest BCUT2D eigenvalue weighted by Crippen LogP contribution is -2.12. The quantitative estimate of drug-likeness (QED) is 0.485. The number of nitrogens with one attached hydrogen (secondary N) is 1. The van der Waals surface area contributed by atoms with E-state index in [-0.39, 0.29) is 23.6 Å². The second-order valence-corrected chi connectivity index (χ2v) is 6.50. The van der Waals surface area contributed by atoms with Gasteiger partial charge < -0.3 is 14.8 Å². The van der Waals surface area contributed by atoms with Crippen LogP contribution in [0.3, 0.4) is 0 Å². The number of methoxy groups -OCH3 is 2. The van der Waals surface area contributed by atoms with Crippen molar-refractivity contribution in [3.63, 3.8) is 0 Å². The van der Waals surface area contributed by atoms with E-state index in [0.717, 1.165) is 4.52 Å². The normalized spacial score (nSPS) is 11.3. The summed E-state index contributed by atoms with van der Waals surface area (Å²) in [6, 6.07) is 8.14. The van der Waals surface area contributed by atoms with E-state index >= 15 is 0 Å². The molecule has 4 aromatic rings. The molecule has 0 unspecified atom stereocenters. The number of carbonyl (C=O) groups excluding carboxylic acids is 1. The number of hydrogen-bond donors (Lipinski definition) is 1. The maximum Gasteiger partial charge on any atom is 0.280 e. The van der Waals surface area contributed by atoms with Crippen molar-refractivity contribution in [2.45, 2.75) is 13.2 Å². The number of para-hydroxylation sites is 1. The first-order chi connectivity index (χ1) is 15.0. The monoisotopic (exact) mass is 428 g/mol. The van der Waals surface area contributed by atoms with Crippen LogP contribution >= 0.6 is 0 Å². The molecule has 0 saturated carbocycles. The molecule has 3 aromatic heterocycles. The number of ether oxygens (including phenoxy) is 2. The highest BCUT2D eigenvalue weighted by molar-refractivity contribution is 6.08. The average molecular weight is 428 g/mol. The van der Waals surface area contributed by atoms with Gasteiger partial charge in [-0.2, -0.15) is 10.2 Å². The zero-order valence-electron chi connectivity index (χ0n) is 16.6. The fourth-order valence-corrected chi connectivity index (χ4v) is 3.13. The van der Waals surface area contributed by atoms with Crippen molar-refractivity contribution < 1.29 is 23.0 Å². The molecule has 11 heteroatoms. The van der Waals surface area contributed by atoms with Crippen molar-refractivity contribution in [2.75, 3.05) is 19.5 Å². The van der Waals surface area contributed by atoms with Crippen molar-refractivity contribution in [3.8, 4) is 17.0 Å². The lowest BCUT2D eigenvalue weighted by Gasteiger charge is -2.11. The summed E-state index contributed by atoms with van der Waals surface area (Å²) in [6.07, 6.45) is 1.39. The molecule has 3 heterocycles. The van der Waals surface area contributed by atoms with Gasteiger partial charge in [-0.1, -0.05) is 12.1 Å². The third-order valence-corrected chi connectivity index (χ3v) is 4.50. The first kappa shape index (κ1) is 20.4. The van der Waals surface area contributed by atoms with Crippen LogP contribution in [-0.4, -0.2) is 44.5 Å². The third kappa shape index (κ3) is 3.94. The summed E-state index contributed by atoms with van der Waals surface area (Å²) in [4.78, 5) is 17.3. The molecule has 0 saturated heterocycles. The van der Waals surface area contributed by atoms with Crippen LogP contribution in [0.4, 0.5) is 14.5 Å². The summed E-state index contributed by atoms with van der Waals surface area (Å²) in [7, 11) is 3.00. The summed E-state index contributed by atoms with van der Waals surface area (Å²) in [5, 5.41) is 10.7. The van der Waals surface area contributed by atoms with Crippen LogP contribution in [0.1, 0.15) is 22.5 Å². The predicted molar refractivity (Wildman–Crippen MR) is 107 cm³/mol. The van der Waals surface area contributed by atoms with Crippen LogP contribution in [0.25, 0.3) is 16.9 Å². The van der Waals surface area contributed by atoms with Gasteiger partial charge in [0.2, 0.25) is 0 Å². The number of benzene rings is 1. The minimum absolute atomic E-state index is 0.000453. The van der Waals surface area contributed by atoms with Crippen molar-refractivity contribution in [3.05, 3.63) is 60.2 Å². The van der Waals surface area contributed by atoms with Gasteiger partial charge in [0.25, 0.3) is 12.3 Å². The van der Waals surface area contributed by atoms with Gasteiger partial charge in [-0.25, -0.2) is 23.0 Å². The number of carbonyl (C=O) groups is 1. The Morgan fingerprint density at radius 1 is 1.19 bits per heavy atom. The van der Waals surface area contributed by atoms with E-state index in [1.165, 1.54) is 37.4 Å². The van der Waals surface area contributed by atoms with E-state index in [4.69, 9.17) is 9.47 Å². The highest BCUT2D eigenvalue weighted by atomic mass is 19.3. The zero-order chi connectivity index (χ0) is 22.0. The Hall–Kier alpha value is -3.86. The van der Waals surface area contributed by atoms with Crippen LogP contribution in [0.15, 0.2) is 48.9 Å². The molecule has 0 aliphatic heterocycles. The molecule has 1 amide bonds. The second-order valence-electron chi connectivity index (χ2n) is 6.50. The molecule has 1 aromatic carbocycles. The number of aromatic nitrogens is 5. The van der Waals surface area contributed by atoms with Crippen molar-refractivity contribution in [1.29, 1.82) is 0 Å². The number of anilines is 1. The minimum Gasteiger partial charge on any atom is -0.496 e. The molecule has 1 N–H and O–H groups in total. The molecule has 0 atom stereocenters. The SMILES string of the molecule is COCn1cc(NC(=O)c2cnn3c(C(F)F)cc(-c4ccccc4OC)nc23)cn1. The number of amides is 1. The molecule has 0 bridgehead atoms. The average Bonchev–Trinajstić information content (AvgIpc) is 3.39. The smallest absolute Gasteiger partial charge is 0.280 e. The van der Waals surface area contributed by atoms with E-state index in [1.807, 2.05) is 0 Å². The van der Waals surface area contributed by atoms with Gasteiger partial charge in [0, 0.05) is 12.7 Å². The van der Waals surface area contributed by atoms with E-state index in [0.29, 0.717) is 17.0 Å². The molecule has 0 fully saturated rings. The molecule has 31 heavy (non-hydrogen) atoms. The highest BCUT2D eigenvalue weighted by Crippen LogP contribution is 2.32. The fraction of sp³-hybridized carbons (Fsp3) is 0.200. The van der Waals surface area contributed by atoms with Gasteiger partial charge >= 0.3 is 0 Å². The fourth-order valence-electron chi connectivity index (χ4n) is 3.13. The van der Waals surface area contributed by atoms with Gasteiger partial charge in [0.1, 0.15) is 23.7 Å². The van der Waals surface area contributed by atoms with E-state index < -0.39 is 18.0 Å². The Morgan fingerprint density at radius 3 is 2.74 bits per heavy atom. The summed E-state index contributed by atoms with van der Waals surface area (Å²) in [5.41, 5.74) is 0.818. The van der Waals surface area contributed by atoms with Crippen LogP contribution in [-0.2, 0) is 11.5 Å². The van der Waals surface area contributed by atoms with Gasteiger partial charge in [-0.3, -0.25) is 4.79 Å². The van der Waals surface area contributed by atoms with Crippen LogP contribution < -0.4 is 10.1 Å². The molecule has 9 nitrogen and oxygen atoms in total. The van der Waals surface area contributed by atoms with Crippen molar-refractivity contribution >= 4 is 17.2 Å². The van der Waals surface area contributed by atoms with Gasteiger partial charge in [-0.15, -0.1) is 0 Å². The maximum absolute atomic E-state index is 13.8. The van der Waals surface area contributed by atoms with Crippen LogP contribution in [0, 0.1) is 0 Å². The standard InChI is InChI=1S/C20H18F2N6O3/c1-30-11-27-10-12(8-23-27)25-20(29)14-9-24-28-16(18(21)22)7-15(26-19(14)28)13-5-3-4-6-17(13)31-2/h3-10,18H,11H2,1-2H3,(H,25,29). The van der Waals surface area contributed by atoms with Gasteiger partial charge in [0.05, 0.1) is 37.1 Å². The van der Waals surface area contributed by atoms with Crippen LogP contribution in [0.5, 0.6) is 5.75 Å². The lowest BCUT2D eigenvalue weighted by molar-refractivity contribution is 0.102. The second kappa shape index (κ2) is 8.48. The molecule has 0 aliphatic rings. The zero-order valence-corrected chi connectivity index (χ0v) is 16.6. The number of fused-ring (bicyclic) bond motifs is 1. The Bertz CT molecular complexity index is 1240. The molecular weight excluding hydrogens is 410 g/mol. The van der Waals surface area contributed by atoms with Crippen molar-refractivity contribution in [1.82, 2.24) is 24.4 Å². The maximum atomic E-state index is 13.8. The molecule has 0 spiro atoms. The number of rotatable bonds is 7. The Kier molecular flexibility index (Phi) is 5.58. The van der Waals surface area contributed by atoms with E-state index in [1.54, 1.807) is 30.5 Å². The number of hydrogen-bond acceptors (Lipinski definition) is 6. The Morgan fingerprint density at radius 2 is 2.00 bits per heavy atom.